The van der Waals surface area contributed by atoms with E-state index in [1.54, 1.807) is 16.7 Å². The molecule has 0 fully saturated rings. The zero-order valence-electron chi connectivity index (χ0n) is 20.7. The van der Waals surface area contributed by atoms with E-state index in [1.165, 1.54) is 37.7 Å². The van der Waals surface area contributed by atoms with Gasteiger partial charge in [-0.25, -0.2) is 0 Å². The van der Waals surface area contributed by atoms with Gasteiger partial charge in [0.2, 0.25) is 0 Å². The molecule has 0 bridgehead atoms. The Morgan fingerprint density at radius 3 is 1.41 bits per heavy atom. The second-order valence-corrected chi connectivity index (χ2v) is 12.2. The van der Waals surface area contributed by atoms with Crippen molar-refractivity contribution in [3.05, 3.63) is 34.4 Å². The van der Waals surface area contributed by atoms with Crippen molar-refractivity contribution < 1.29 is 0 Å². The van der Waals surface area contributed by atoms with Gasteiger partial charge < -0.3 is 0 Å². The topological polar surface area (TPSA) is 0 Å². The summed E-state index contributed by atoms with van der Waals surface area (Å²) in [6.45, 7) is 28.6. The SMILES string of the molecule is CCCCC(C)(CC)Cc1c(C(C)(C)C)cc(C(C)(C)C)cc1C(C)(C)C. The first-order valence-electron chi connectivity index (χ1n) is 11.2. The largest absolute Gasteiger partial charge is 0.0654 e. The lowest BCUT2D eigenvalue weighted by molar-refractivity contribution is 0.270. The average Bonchev–Trinajstić information content (AvgIpc) is 2.49. The molecule has 0 saturated heterocycles. The van der Waals surface area contributed by atoms with Gasteiger partial charge in [-0.15, -0.1) is 0 Å². The molecule has 0 nitrogen and oxygen atoms in total. The van der Waals surface area contributed by atoms with E-state index in [0.29, 0.717) is 5.41 Å². The smallest absolute Gasteiger partial charge is 0.0129 e. The summed E-state index contributed by atoms with van der Waals surface area (Å²) in [5.74, 6) is 0. The van der Waals surface area contributed by atoms with Crippen molar-refractivity contribution in [2.24, 2.45) is 5.41 Å². The summed E-state index contributed by atoms with van der Waals surface area (Å²) < 4.78 is 0. The fourth-order valence-electron chi connectivity index (χ4n) is 4.05. The Morgan fingerprint density at radius 2 is 1.11 bits per heavy atom. The van der Waals surface area contributed by atoms with Crippen LogP contribution in [0, 0.1) is 5.41 Å². The van der Waals surface area contributed by atoms with Crippen molar-refractivity contribution in [1.29, 1.82) is 0 Å². The molecule has 0 spiro atoms. The average molecular weight is 373 g/mol. The van der Waals surface area contributed by atoms with Gasteiger partial charge in [-0.1, -0.05) is 114 Å². The van der Waals surface area contributed by atoms with Crippen molar-refractivity contribution in [1.82, 2.24) is 0 Å². The van der Waals surface area contributed by atoms with E-state index >= 15 is 0 Å². The molecule has 0 heteroatoms. The van der Waals surface area contributed by atoms with E-state index in [4.69, 9.17) is 0 Å². The van der Waals surface area contributed by atoms with Crippen LogP contribution >= 0.6 is 0 Å². The third-order valence-electron chi connectivity index (χ3n) is 6.32. The van der Waals surface area contributed by atoms with Crippen LogP contribution in [0.3, 0.4) is 0 Å². The highest BCUT2D eigenvalue weighted by atomic mass is 14.4. The lowest BCUT2D eigenvalue weighted by atomic mass is 9.67. The van der Waals surface area contributed by atoms with E-state index in [1.807, 2.05) is 0 Å². The van der Waals surface area contributed by atoms with Crippen molar-refractivity contribution in [2.45, 2.75) is 131 Å². The minimum absolute atomic E-state index is 0.163. The van der Waals surface area contributed by atoms with Crippen molar-refractivity contribution in [2.75, 3.05) is 0 Å². The van der Waals surface area contributed by atoms with Gasteiger partial charge >= 0.3 is 0 Å². The van der Waals surface area contributed by atoms with Crippen molar-refractivity contribution in [3.63, 3.8) is 0 Å². The molecule has 0 aliphatic rings. The molecular formula is C27H48. The first kappa shape index (κ1) is 24.3. The monoisotopic (exact) mass is 372 g/mol. The van der Waals surface area contributed by atoms with Crippen LogP contribution < -0.4 is 0 Å². The molecule has 1 unspecified atom stereocenters. The molecule has 156 valence electrons. The highest BCUT2D eigenvalue weighted by molar-refractivity contribution is 5.48. The molecule has 0 saturated carbocycles. The number of hydrogen-bond donors (Lipinski definition) is 0. The van der Waals surface area contributed by atoms with Crippen LogP contribution in [0.15, 0.2) is 12.1 Å². The van der Waals surface area contributed by atoms with Gasteiger partial charge in [-0.3, -0.25) is 0 Å². The Morgan fingerprint density at radius 1 is 0.667 bits per heavy atom. The summed E-state index contributed by atoms with van der Waals surface area (Å²) in [7, 11) is 0. The molecule has 1 atom stereocenters. The van der Waals surface area contributed by atoms with Crippen LogP contribution in [-0.2, 0) is 22.7 Å². The minimum atomic E-state index is 0.163. The molecule has 1 aromatic carbocycles. The van der Waals surface area contributed by atoms with Gasteiger partial charge in [0.05, 0.1) is 0 Å². The van der Waals surface area contributed by atoms with Crippen LogP contribution in [0.5, 0.6) is 0 Å². The maximum absolute atomic E-state index is 2.53. The maximum Gasteiger partial charge on any atom is -0.0129 e. The molecule has 0 radical (unpaired) electrons. The number of hydrogen-bond acceptors (Lipinski definition) is 0. The zero-order valence-corrected chi connectivity index (χ0v) is 20.7. The van der Waals surface area contributed by atoms with Gasteiger partial charge in [0, 0.05) is 0 Å². The molecule has 1 rings (SSSR count). The second kappa shape index (κ2) is 8.30. The van der Waals surface area contributed by atoms with Crippen LogP contribution in [0.25, 0.3) is 0 Å². The minimum Gasteiger partial charge on any atom is -0.0654 e. The summed E-state index contributed by atoms with van der Waals surface area (Å²) in [6.07, 6.45) is 6.40. The van der Waals surface area contributed by atoms with Crippen LogP contribution in [0.1, 0.15) is 131 Å². The van der Waals surface area contributed by atoms with E-state index < -0.39 is 0 Å². The Kier molecular flexibility index (Phi) is 7.46. The van der Waals surface area contributed by atoms with E-state index in [9.17, 15) is 0 Å². The van der Waals surface area contributed by atoms with Crippen molar-refractivity contribution in [3.8, 4) is 0 Å². The van der Waals surface area contributed by atoms with E-state index in [-0.39, 0.29) is 16.2 Å². The predicted octanol–water partition coefficient (Wildman–Crippen LogP) is 8.73. The molecule has 27 heavy (non-hydrogen) atoms. The third kappa shape index (κ3) is 6.37. The molecule has 1 aromatic rings. The molecule has 0 aliphatic carbocycles. The molecule has 0 heterocycles. The standard InChI is InChI=1S/C27H48/c1-13-15-16-27(12,14-2)19-21-22(25(6,7)8)17-20(24(3,4)5)18-23(21)26(9,10)11/h17-18H,13-16,19H2,1-12H3. The summed E-state index contributed by atoms with van der Waals surface area (Å²) >= 11 is 0. The summed E-state index contributed by atoms with van der Waals surface area (Å²) in [6, 6.07) is 5.06. The first-order chi connectivity index (χ1) is 12.0. The summed E-state index contributed by atoms with van der Waals surface area (Å²) in [4.78, 5) is 0. The predicted molar refractivity (Wildman–Crippen MR) is 124 cm³/mol. The molecule has 0 aromatic heterocycles. The number of unbranched alkanes of at least 4 members (excludes halogenated alkanes) is 1. The fraction of sp³-hybridized carbons (Fsp3) is 0.778. The molecule has 0 amide bonds. The normalized spacial score (nSPS) is 15.7. The van der Waals surface area contributed by atoms with E-state index in [0.717, 1.165) is 0 Å². The lowest BCUT2D eigenvalue weighted by Gasteiger charge is -2.37. The van der Waals surface area contributed by atoms with Gasteiger partial charge in [0.1, 0.15) is 0 Å². The van der Waals surface area contributed by atoms with Crippen LogP contribution in [0.2, 0.25) is 0 Å². The van der Waals surface area contributed by atoms with Crippen molar-refractivity contribution >= 4 is 0 Å². The molecule has 0 N–H and O–H groups in total. The maximum atomic E-state index is 2.53. The Balaban J connectivity index is 3.74. The second-order valence-electron chi connectivity index (χ2n) is 12.2. The quantitative estimate of drug-likeness (QED) is 0.468. The summed E-state index contributed by atoms with van der Waals surface area (Å²) in [5.41, 5.74) is 7.13. The number of rotatable bonds is 6. The van der Waals surface area contributed by atoms with Gasteiger partial charge in [0.25, 0.3) is 0 Å². The lowest BCUT2D eigenvalue weighted by Crippen LogP contribution is -2.28. The zero-order chi connectivity index (χ0) is 21.3. The highest BCUT2D eigenvalue weighted by Crippen LogP contribution is 2.42. The van der Waals surface area contributed by atoms with Gasteiger partial charge in [0.15, 0.2) is 0 Å². The van der Waals surface area contributed by atoms with Crippen LogP contribution in [0.4, 0.5) is 0 Å². The number of benzene rings is 1. The van der Waals surface area contributed by atoms with Gasteiger partial charge in [-0.05, 0) is 56.8 Å². The Bertz CT molecular complexity index is 578. The first-order valence-corrected chi connectivity index (χ1v) is 11.2. The fourth-order valence-corrected chi connectivity index (χ4v) is 4.05. The Hall–Kier alpha value is -0.780. The molecular weight excluding hydrogens is 324 g/mol. The van der Waals surface area contributed by atoms with E-state index in [2.05, 4.69) is 95.2 Å². The Labute approximate surface area is 171 Å². The third-order valence-corrected chi connectivity index (χ3v) is 6.32. The van der Waals surface area contributed by atoms with Crippen LogP contribution in [-0.4, -0.2) is 0 Å². The van der Waals surface area contributed by atoms with Gasteiger partial charge in [-0.2, -0.15) is 0 Å². The highest BCUT2D eigenvalue weighted by Gasteiger charge is 2.32. The summed E-state index contributed by atoms with van der Waals surface area (Å²) in [5, 5.41) is 0. The molecule has 0 aliphatic heterocycles.